The zero-order valence-corrected chi connectivity index (χ0v) is 50.3. The molecule has 0 aromatic heterocycles. The summed E-state index contributed by atoms with van der Waals surface area (Å²) in [6.45, 7) is 6.66. The summed E-state index contributed by atoms with van der Waals surface area (Å²) in [6, 6.07) is 0. The van der Waals surface area contributed by atoms with Gasteiger partial charge < -0.3 is 24.4 Å². The van der Waals surface area contributed by atoms with Gasteiger partial charge >= 0.3 is 17.9 Å². The number of hydrogen-bond donors (Lipinski definition) is 2. The topological polar surface area (TPSA) is 140 Å². The van der Waals surface area contributed by atoms with Gasteiger partial charge in [-0.15, -0.1) is 0 Å². The molecule has 11 nitrogen and oxygen atoms in total. The highest BCUT2D eigenvalue weighted by Gasteiger charge is 2.36. The normalized spacial score (nSPS) is 12.6. The van der Waals surface area contributed by atoms with E-state index in [2.05, 4.69) is 104 Å². The molecule has 0 atom stereocenters. The van der Waals surface area contributed by atoms with Crippen LogP contribution >= 0.6 is 0 Å². The molecule has 0 saturated heterocycles. The van der Waals surface area contributed by atoms with Crippen LogP contribution in [0.15, 0.2) is 72.9 Å². The minimum atomic E-state index is -3.67. The number of sulfonamides is 1. The number of nitrogens with zero attached hydrogens (tertiary/aromatic N) is 1. The summed E-state index contributed by atoms with van der Waals surface area (Å²) in [7, 11) is 0.0686. The molecule has 0 bridgehead atoms. The number of likely N-dealkylation sites (N-methyl/N-ethyl adjacent to an activating group) is 1. The van der Waals surface area contributed by atoms with Crippen molar-refractivity contribution in [3.8, 4) is 0 Å². The molecule has 76 heavy (non-hydrogen) atoms. The third-order valence-corrected chi connectivity index (χ3v) is 14.7. The van der Waals surface area contributed by atoms with Gasteiger partial charge in [-0.3, -0.25) is 14.4 Å². The lowest BCUT2D eigenvalue weighted by molar-refractivity contribution is -0.157. The third kappa shape index (κ3) is 52.7. The molecule has 0 saturated carbocycles. The van der Waals surface area contributed by atoms with Crippen molar-refractivity contribution in [2.75, 3.05) is 59.3 Å². The van der Waals surface area contributed by atoms with Gasteiger partial charge in [0.05, 0.1) is 5.75 Å². The molecule has 0 heterocycles. The number of allylic oxidation sites excluding steroid dienone is 12. The van der Waals surface area contributed by atoms with Gasteiger partial charge in [0.2, 0.25) is 10.0 Å². The number of esters is 3. The Morgan fingerprint density at radius 1 is 0.408 bits per heavy atom. The van der Waals surface area contributed by atoms with Crippen molar-refractivity contribution < 1.29 is 37.0 Å². The molecule has 0 aromatic rings. The van der Waals surface area contributed by atoms with E-state index in [0.717, 1.165) is 135 Å². The molecule has 440 valence electrons. The van der Waals surface area contributed by atoms with Crippen molar-refractivity contribution in [3.63, 3.8) is 0 Å². The monoisotopic (exact) mass is 1090 g/mol. The number of hydrogen-bond acceptors (Lipinski definition) is 10. The molecule has 0 aliphatic carbocycles. The van der Waals surface area contributed by atoms with Crippen LogP contribution in [0.2, 0.25) is 0 Å². The maximum Gasteiger partial charge on any atom is 0.305 e. The van der Waals surface area contributed by atoms with E-state index in [1.807, 2.05) is 19.0 Å². The first-order chi connectivity index (χ1) is 37.0. The predicted molar refractivity (Wildman–Crippen MR) is 322 cm³/mol. The van der Waals surface area contributed by atoms with E-state index in [1.165, 1.54) is 57.8 Å². The highest BCUT2D eigenvalue weighted by Crippen LogP contribution is 2.16. The minimum Gasteiger partial charge on any atom is -0.463 e. The van der Waals surface area contributed by atoms with Crippen LogP contribution in [-0.2, 0) is 38.6 Å². The number of carbonyl (C=O) groups excluding carboxylic acids is 3. The number of nitrogens with one attached hydrogen (secondary N) is 2. The molecule has 12 heteroatoms. The van der Waals surface area contributed by atoms with Gasteiger partial charge in [0.15, 0.2) is 0 Å². The molecule has 0 rings (SSSR count). The molecule has 2 N–H and O–H groups in total. The summed E-state index contributed by atoms with van der Waals surface area (Å²) in [4.78, 5) is 41.6. The summed E-state index contributed by atoms with van der Waals surface area (Å²) in [6.07, 6.45) is 63.2. The van der Waals surface area contributed by atoms with E-state index < -0.39 is 33.5 Å². The summed E-state index contributed by atoms with van der Waals surface area (Å²) >= 11 is 0. The summed E-state index contributed by atoms with van der Waals surface area (Å²) < 4.78 is 46.2. The number of rotatable bonds is 56. The molecular formula is C64H115N3O8S. The van der Waals surface area contributed by atoms with Crippen LogP contribution in [0.25, 0.3) is 0 Å². The van der Waals surface area contributed by atoms with Crippen molar-refractivity contribution in [2.45, 2.75) is 257 Å². The number of ether oxygens (including phenoxy) is 3. The molecular weight excluding hydrogens is 971 g/mol. The Morgan fingerprint density at radius 3 is 1.00 bits per heavy atom. The van der Waals surface area contributed by atoms with Gasteiger partial charge in [0, 0.05) is 38.9 Å². The van der Waals surface area contributed by atoms with Crippen molar-refractivity contribution in [3.05, 3.63) is 72.9 Å². The first kappa shape index (κ1) is 72.7. The lowest BCUT2D eigenvalue weighted by Crippen LogP contribution is -2.58. The Bertz CT molecular complexity index is 1500. The lowest BCUT2D eigenvalue weighted by Gasteiger charge is -2.33. The van der Waals surface area contributed by atoms with Crippen LogP contribution in [0, 0.1) is 0 Å². The van der Waals surface area contributed by atoms with Crippen molar-refractivity contribution in [2.24, 2.45) is 0 Å². The smallest absolute Gasteiger partial charge is 0.305 e. The molecule has 0 amide bonds. The molecule has 0 fully saturated rings. The van der Waals surface area contributed by atoms with E-state index in [9.17, 15) is 22.8 Å². The molecule has 0 unspecified atom stereocenters. The number of unbranched alkanes of at least 4 members (excludes halogenated alkanes) is 24. The van der Waals surface area contributed by atoms with Crippen LogP contribution in [-0.4, -0.2) is 96.1 Å². The Kier molecular flexibility index (Phi) is 52.6. The SMILES string of the molecule is CCCCC/C=C\C/C=C\CCCCCCCC(=O)OCC(COC(=O)CCCCCCC/C=C\C/C=C\CCCCC)(COC(=O)CCCCCCC/C=C\C/C=C\CCCCC)NCCS(=O)(=O)NCCN(C)C. The van der Waals surface area contributed by atoms with Crippen molar-refractivity contribution in [1.29, 1.82) is 0 Å². The average Bonchev–Trinajstić information content (AvgIpc) is 3.39. The van der Waals surface area contributed by atoms with Crippen molar-refractivity contribution in [1.82, 2.24) is 14.9 Å². The van der Waals surface area contributed by atoms with Crippen LogP contribution in [0.3, 0.4) is 0 Å². The third-order valence-electron chi connectivity index (χ3n) is 13.3. The van der Waals surface area contributed by atoms with Gasteiger partial charge in [-0.25, -0.2) is 13.1 Å². The average molecular weight is 1090 g/mol. The van der Waals surface area contributed by atoms with E-state index in [0.29, 0.717) is 25.8 Å². The van der Waals surface area contributed by atoms with Gasteiger partial charge in [0.1, 0.15) is 25.4 Å². The Hall–Kier alpha value is -3.32. The fourth-order valence-electron chi connectivity index (χ4n) is 8.34. The standard InChI is InChI=1S/C64H115N3O8S/c1-6-9-12-15-18-21-24-27-30-33-36-39-42-45-48-51-61(68)73-58-64(65-55-57-76(71,72)66-54-56-67(4)5,59-74-62(69)52-49-46-43-40-37-34-31-28-25-22-19-16-13-10-7-2)60-75-63(70)53-50-47-44-41-38-35-32-29-26-23-20-17-14-11-8-3/h18-23,27-32,65-66H,6-17,24-26,33-60H2,1-5H3/b21-18-,22-19-,23-20-,30-27-,31-28-,32-29-. The second-order valence-electron chi connectivity index (χ2n) is 21.1. The molecule has 0 radical (unpaired) electrons. The van der Waals surface area contributed by atoms with Gasteiger partial charge in [-0.1, -0.05) is 190 Å². The molecule has 0 spiro atoms. The Labute approximate surface area is 467 Å². The molecule has 0 aliphatic rings. The molecule has 0 aromatic carbocycles. The summed E-state index contributed by atoms with van der Waals surface area (Å²) in [5.41, 5.74) is -1.35. The van der Waals surface area contributed by atoms with Crippen LogP contribution in [0.1, 0.15) is 252 Å². The summed E-state index contributed by atoms with van der Waals surface area (Å²) in [5.74, 6) is -1.48. The maximum absolute atomic E-state index is 13.2. The minimum absolute atomic E-state index is 0.0508. The molecule has 0 aliphatic heterocycles. The quantitative estimate of drug-likeness (QED) is 0.0262. The zero-order chi connectivity index (χ0) is 55.7. The fraction of sp³-hybridized carbons (Fsp3) is 0.766. The van der Waals surface area contributed by atoms with Crippen LogP contribution in [0.5, 0.6) is 0 Å². The second kappa shape index (κ2) is 55.0. The van der Waals surface area contributed by atoms with Gasteiger partial charge in [-0.05, 0) is 130 Å². The number of carbonyl (C=O) groups is 3. The van der Waals surface area contributed by atoms with E-state index >= 15 is 0 Å². The Balaban J connectivity index is 5.48. The summed E-state index contributed by atoms with van der Waals surface area (Å²) in [5, 5.41) is 3.23. The lowest BCUT2D eigenvalue weighted by atomic mass is 10.0. The highest BCUT2D eigenvalue weighted by molar-refractivity contribution is 7.89. The van der Waals surface area contributed by atoms with E-state index in [4.69, 9.17) is 14.2 Å². The van der Waals surface area contributed by atoms with Gasteiger partial charge in [0.25, 0.3) is 0 Å². The van der Waals surface area contributed by atoms with E-state index in [-0.39, 0.29) is 57.9 Å². The fourth-order valence-corrected chi connectivity index (χ4v) is 9.26. The maximum atomic E-state index is 13.2. The first-order valence-electron chi connectivity index (χ1n) is 30.7. The predicted octanol–water partition coefficient (Wildman–Crippen LogP) is 15.9. The Morgan fingerprint density at radius 2 is 0.697 bits per heavy atom. The van der Waals surface area contributed by atoms with Crippen LogP contribution < -0.4 is 10.0 Å². The first-order valence-corrected chi connectivity index (χ1v) is 32.4. The highest BCUT2D eigenvalue weighted by atomic mass is 32.2. The largest absolute Gasteiger partial charge is 0.463 e. The zero-order valence-electron chi connectivity index (χ0n) is 49.5. The van der Waals surface area contributed by atoms with Gasteiger partial charge in [-0.2, -0.15) is 0 Å². The van der Waals surface area contributed by atoms with Crippen molar-refractivity contribution >= 4 is 27.9 Å². The second-order valence-corrected chi connectivity index (χ2v) is 23.1. The van der Waals surface area contributed by atoms with Crippen LogP contribution in [0.4, 0.5) is 0 Å². The van der Waals surface area contributed by atoms with E-state index in [1.54, 1.807) is 0 Å².